The monoisotopic (exact) mass is 508 g/mol. The number of hydrogen-bond acceptors (Lipinski definition) is 6. The van der Waals surface area contributed by atoms with E-state index >= 15 is 0 Å². The third-order valence-electron chi connectivity index (χ3n) is 6.28. The van der Waals surface area contributed by atoms with Crippen molar-refractivity contribution in [3.63, 3.8) is 0 Å². The van der Waals surface area contributed by atoms with Gasteiger partial charge in [0.2, 0.25) is 0 Å². The van der Waals surface area contributed by atoms with Gasteiger partial charge in [-0.15, -0.1) is 0 Å². The Kier molecular flexibility index (Phi) is 5.58. The average molecular weight is 508 g/mol. The lowest BCUT2D eigenvalue weighted by Crippen LogP contribution is -2.21. The maximum absolute atomic E-state index is 13.2. The Morgan fingerprint density at radius 3 is 1.54 bits per heavy atom. The highest BCUT2D eigenvalue weighted by Crippen LogP contribution is 2.42. The maximum Gasteiger partial charge on any atom is 0.416 e. The molecule has 2 heterocycles. The van der Waals surface area contributed by atoms with Crippen molar-refractivity contribution in [3.8, 4) is 11.5 Å². The second kappa shape index (κ2) is 8.55. The number of rotatable bonds is 3. The molecule has 2 N–H and O–H groups in total. The minimum Gasteiger partial charge on any atom is -0.507 e. The van der Waals surface area contributed by atoms with Crippen LogP contribution in [-0.4, -0.2) is 10.2 Å². The highest BCUT2D eigenvalue weighted by atomic mass is 19.4. The molecule has 0 aliphatic rings. The smallest absolute Gasteiger partial charge is 0.416 e. The summed E-state index contributed by atoms with van der Waals surface area (Å²) >= 11 is 0. The predicted molar refractivity (Wildman–Crippen MR) is 130 cm³/mol. The van der Waals surface area contributed by atoms with Crippen LogP contribution in [0.2, 0.25) is 0 Å². The molecule has 0 saturated carbocycles. The Balaban J connectivity index is 1.88. The normalized spacial score (nSPS) is 12.1. The Morgan fingerprint density at radius 2 is 1.14 bits per heavy atom. The number of aryl methyl sites for hydroxylation is 2. The molecule has 6 nitrogen and oxygen atoms in total. The molecule has 5 aromatic rings. The van der Waals surface area contributed by atoms with E-state index in [1.807, 2.05) is 0 Å². The molecule has 188 valence electrons. The highest BCUT2D eigenvalue weighted by molar-refractivity contribution is 5.87. The van der Waals surface area contributed by atoms with Crippen LogP contribution in [0.5, 0.6) is 11.5 Å². The first-order valence-electron chi connectivity index (χ1n) is 11.2. The van der Waals surface area contributed by atoms with Crippen molar-refractivity contribution in [2.45, 2.75) is 25.9 Å². The molecule has 0 aliphatic heterocycles. The van der Waals surface area contributed by atoms with Gasteiger partial charge in [-0.2, -0.15) is 13.2 Å². The summed E-state index contributed by atoms with van der Waals surface area (Å²) in [5.41, 5.74) is -2.21. The number of alkyl halides is 3. The van der Waals surface area contributed by atoms with E-state index in [0.717, 1.165) is 35.4 Å². The van der Waals surface area contributed by atoms with E-state index in [2.05, 4.69) is 0 Å². The molecule has 9 heteroatoms. The molecule has 0 aliphatic carbocycles. The molecule has 37 heavy (non-hydrogen) atoms. The highest BCUT2D eigenvalue weighted by Gasteiger charge is 2.34. The van der Waals surface area contributed by atoms with E-state index in [0.29, 0.717) is 0 Å². The van der Waals surface area contributed by atoms with Gasteiger partial charge in [0, 0.05) is 0 Å². The van der Waals surface area contributed by atoms with Crippen molar-refractivity contribution in [2.75, 3.05) is 0 Å². The Hall–Kier alpha value is -4.53. The fourth-order valence-corrected chi connectivity index (χ4v) is 4.48. The van der Waals surface area contributed by atoms with Crippen molar-refractivity contribution >= 4 is 21.9 Å². The van der Waals surface area contributed by atoms with Crippen LogP contribution in [0.3, 0.4) is 0 Å². The van der Waals surface area contributed by atoms with Crippen molar-refractivity contribution in [1.29, 1.82) is 0 Å². The van der Waals surface area contributed by atoms with Gasteiger partial charge in [-0.05, 0) is 55.8 Å². The van der Waals surface area contributed by atoms with E-state index in [4.69, 9.17) is 8.83 Å². The minimum atomic E-state index is -4.63. The summed E-state index contributed by atoms with van der Waals surface area (Å²) in [5, 5.41) is 22.8. The first-order valence-corrected chi connectivity index (χ1v) is 11.2. The minimum absolute atomic E-state index is 0.0252. The van der Waals surface area contributed by atoms with Gasteiger partial charge in [0.15, 0.2) is 0 Å². The van der Waals surface area contributed by atoms with Crippen LogP contribution in [-0.2, 0) is 6.18 Å². The summed E-state index contributed by atoms with van der Waals surface area (Å²) < 4.78 is 50.5. The van der Waals surface area contributed by atoms with Gasteiger partial charge in [-0.25, -0.2) is 9.59 Å². The third kappa shape index (κ3) is 4.12. The van der Waals surface area contributed by atoms with Crippen molar-refractivity contribution in [2.24, 2.45) is 0 Å². The first-order chi connectivity index (χ1) is 17.5. The van der Waals surface area contributed by atoms with E-state index in [9.17, 15) is 33.0 Å². The van der Waals surface area contributed by atoms with Gasteiger partial charge in [-0.1, -0.05) is 35.4 Å². The van der Waals surface area contributed by atoms with Crippen molar-refractivity contribution in [1.82, 2.24) is 0 Å². The standard InChI is InChI=1S/C28H19F3O6/c1-13-3-9-19-17(11-13)24(32)22(26(34)36-19)21(15-5-7-16(8-6-15)28(29,30)31)23-25(33)18-12-14(2)4-10-20(18)37-27(23)35/h3-12,21,32-33H,1-2H3. The van der Waals surface area contributed by atoms with Crippen LogP contribution in [0.15, 0.2) is 79.1 Å². The van der Waals surface area contributed by atoms with Crippen LogP contribution < -0.4 is 11.3 Å². The topological polar surface area (TPSA) is 101 Å². The number of hydrogen-bond donors (Lipinski definition) is 2. The largest absolute Gasteiger partial charge is 0.507 e. The molecular formula is C28H19F3O6. The zero-order chi connectivity index (χ0) is 26.6. The molecular weight excluding hydrogens is 489 g/mol. The van der Waals surface area contributed by atoms with Crippen LogP contribution in [0.4, 0.5) is 13.2 Å². The van der Waals surface area contributed by atoms with E-state index in [-0.39, 0.29) is 27.5 Å². The average Bonchev–Trinajstić information content (AvgIpc) is 2.83. The maximum atomic E-state index is 13.2. The first kappa shape index (κ1) is 24.2. The summed E-state index contributed by atoms with van der Waals surface area (Å²) in [6, 6.07) is 13.2. The predicted octanol–water partition coefficient (Wildman–Crippen LogP) is 6.13. The van der Waals surface area contributed by atoms with Crippen molar-refractivity contribution in [3.05, 3.63) is 115 Å². The zero-order valence-corrected chi connectivity index (χ0v) is 19.5. The molecule has 0 fully saturated rings. The second-order valence-electron chi connectivity index (χ2n) is 8.86. The van der Waals surface area contributed by atoms with E-state index in [1.54, 1.807) is 38.1 Å². The number of benzene rings is 3. The van der Waals surface area contributed by atoms with Gasteiger partial charge in [0.25, 0.3) is 0 Å². The van der Waals surface area contributed by atoms with E-state index in [1.165, 1.54) is 12.1 Å². The fraction of sp³-hybridized carbons (Fsp3) is 0.143. The van der Waals surface area contributed by atoms with Gasteiger partial charge >= 0.3 is 17.4 Å². The number of fused-ring (bicyclic) bond motifs is 2. The van der Waals surface area contributed by atoms with Gasteiger partial charge in [-0.3, -0.25) is 0 Å². The molecule has 3 aromatic carbocycles. The number of halogens is 3. The van der Waals surface area contributed by atoms with Crippen molar-refractivity contribution < 1.29 is 32.2 Å². The molecule has 0 spiro atoms. The van der Waals surface area contributed by atoms with Gasteiger partial charge in [0.05, 0.1) is 33.4 Å². The second-order valence-corrected chi connectivity index (χ2v) is 8.86. The van der Waals surface area contributed by atoms with Gasteiger partial charge < -0.3 is 19.0 Å². The van der Waals surface area contributed by atoms with E-state index < -0.39 is 51.5 Å². The lowest BCUT2D eigenvalue weighted by molar-refractivity contribution is -0.137. The summed E-state index contributed by atoms with van der Waals surface area (Å²) in [7, 11) is 0. The third-order valence-corrected chi connectivity index (χ3v) is 6.28. The number of aromatic hydroxyl groups is 2. The zero-order valence-electron chi connectivity index (χ0n) is 19.5. The summed E-state index contributed by atoms with van der Waals surface area (Å²) in [4.78, 5) is 26.3. The molecule has 0 saturated heterocycles. The Morgan fingerprint density at radius 1 is 0.703 bits per heavy atom. The summed E-state index contributed by atoms with van der Waals surface area (Å²) in [6.07, 6.45) is -4.63. The van der Waals surface area contributed by atoms with Crippen LogP contribution in [0.25, 0.3) is 21.9 Å². The lowest BCUT2D eigenvalue weighted by atomic mass is 9.84. The quantitative estimate of drug-likeness (QED) is 0.285. The molecule has 0 atom stereocenters. The van der Waals surface area contributed by atoms with Crippen LogP contribution in [0.1, 0.15) is 39.3 Å². The molecule has 5 rings (SSSR count). The Labute approximate surface area is 206 Å². The fourth-order valence-electron chi connectivity index (χ4n) is 4.48. The molecule has 0 unspecified atom stereocenters. The molecule has 2 aromatic heterocycles. The summed E-state index contributed by atoms with van der Waals surface area (Å²) in [6.45, 7) is 3.51. The van der Waals surface area contributed by atoms with Crippen LogP contribution >= 0.6 is 0 Å². The Bertz CT molecular complexity index is 1690. The van der Waals surface area contributed by atoms with Crippen LogP contribution in [0, 0.1) is 13.8 Å². The molecule has 0 radical (unpaired) electrons. The molecule has 0 bridgehead atoms. The lowest BCUT2D eigenvalue weighted by Gasteiger charge is -2.20. The molecule has 0 amide bonds. The summed E-state index contributed by atoms with van der Waals surface area (Å²) in [5.74, 6) is -2.56. The SMILES string of the molecule is Cc1ccc2oc(=O)c(C(c3ccc(C(F)(F)F)cc3)c3c(O)c4cc(C)ccc4oc3=O)c(O)c2c1. The van der Waals surface area contributed by atoms with Gasteiger partial charge in [0.1, 0.15) is 22.7 Å².